The minimum atomic E-state index is -0.899. The predicted molar refractivity (Wildman–Crippen MR) is 252 cm³/mol. The standard InChI is InChI=1S/C51H72N4O10S/c1-32(2)47(50(61)55-29-39(57)27-43(55)49(60)52-28-34-8-10-35(11-9-34)48-33(3)53-31-66-48)54-45(59)30-65-24-23-64-22-21-63-20-19-62-18-6-5-7-36-25-37-26-38(56)12-13-40(37)41-16-17-51(4)42(46(36)41)14-15-44(51)58/h8-13,26,31-32,36,39,41-44,46-47,56-58H,5-7,14-25,27-30H2,1-4H3,(H,52,60)(H,54,59). The number of aromatic nitrogens is 1. The van der Waals surface area contributed by atoms with Gasteiger partial charge in [-0.1, -0.05) is 57.5 Å². The highest BCUT2D eigenvalue weighted by Crippen LogP contribution is 2.62. The van der Waals surface area contributed by atoms with Gasteiger partial charge in [-0.15, -0.1) is 11.3 Å². The average molecular weight is 933 g/mol. The number of fused-ring (bicyclic) bond motifs is 5. The van der Waals surface area contributed by atoms with Crippen LogP contribution in [-0.2, 0) is 46.3 Å². The molecule has 5 N–H and O–H groups in total. The van der Waals surface area contributed by atoms with E-state index in [0.717, 1.165) is 73.1 Å². The number of phenolic OH excluding ortho intramolecular Hbond substituents is 1. The molecule has 7 rings (SSSR count). The molecule has 14 nitrogen and oxygen atoms in total. The first-order valence-electron chi connectivity index (χ1n) is 24.2. The second kappa shape index (κ2) is 23.4. The summed E-state index contributed by atoms with van der Waals surface area (Å²) in [5.74, 6) is 1.02. The number of phenols is 1. The lowest BCUT2D eigenvalue weighted by atomic mass is 9.52. The Morgan fingerprint density at radius 2 is 1.64 bits per heavy atom. The quantitative estimate of drug-likeness (QED) is 0.0711. The molecular weight excluding hydrogens is 861 g/mol. The second-order valence-corrected chi connectivity index (χ2v) is 20.4. The van der Waals surface area contributed by atoms with E-state index in [0.29, 0.717) is 62.5 Å². The molecule has 3 fully saturated rings. The lowest BCUT2D eigenvalue weighted by Gasteiger charge is -2.53. The molecule has 9 atom stereocenters. The van der Waals surface area contributed by atoms with Gasteiger partial charge < -0.3 is 49.8 Å². The first-order chi connectivity index (χ1) is 31.8. The summed E-state index contributed by atoms with van der Waals surface area (Å²) in [6.07, 6.45) is 7.45. The van der Waals surface area contributed by atoms with Gasteiger partial charge in [0.1, 0.15) is 24.4 Å². The van der Waals surface area contributed by atoms with Crippen molar-refractivity contribution in [1.82, 2.24) is 20.5 Å². The number of unbranched alkanes of at least 4 members (excludes halogenated alkanes) is 1. The zero-order valence-electron chi connectivity index (χ0n) is 39.3. The maximum atomic E-state index is 13.7. The van der Waals surface area contributed by atoms with Crippen LogP contribution in [0.25, 0.3) is 10.4 Å². The SMILES string of the molecule is Cc1ncsc1-c1ccc(CNC(=O)C2CC(O)CN2C(=O)C(NC(=O)COCCOCCOCCOCCCCC2Cc3cc(O)ccc3C3CCC4(C)C(O)CCC4C23)C(C)C)cc1. The van der Waals surface area contributed by atoms with E-state index < -0.39 is 30.0 Å². The Morgan fingerprint density at radius 1 is 0.924 bits per heavy atom. The van der Waals surface area contributed by atoms with Gasteiger partial charge in [0.05, 0.1) is 67.9 Å². The number of aromatic hydroxyl groups is 1. The van der Waals surface area contributed by atoms with Crippen LogP contribution in [-0.4, -0.2) is 127 Å². The van der Waals surface area contributed by atoms with Gasteiger partial charge >= 0.3 is 0 Å². The molecule has 0 spiro atoms. The number of amides is 3. The molecule has 1 aliphatic heterocycles. The van der Waals surface area contributed by atoms with Crippen molar-refractivity contribution in [2.75, 3.05) is 59.4 Å². The summed E-state index contributed by atoms with van der Waals surface area (Å²) in [5, 5.41) is 37.4. The van der Waals surface area contributed by atoms with Crippen molar-refractivity contribution < 1.29 is 48.7 Å². The zero-order chi connectivity index (χ0) is 46.8. The van der Waals surface area contributed by atoms with Crippen molar-refractivity contribution in [3.63, 3.8) is 0 Å². The lowest BCUT2D eigenvalue weighted by molar-refractivity contribution is -0.143. The fourth-order valence-corrected chi connectivity index (χ4v) is 12.2. The molecule has 2 saturated carbocycles. The van der Waals surface area contributed by atoms with Crippen molar-refractivity contribution in [3.05, 3.63) is 70.4 Å². The Balaban J connectivity index is 0.723. The van der Waals surface area contributed by atoms with Gasteiger partial charge in [0.15, 0.2) is 0 Å². The van der Waals surface area contributed by atoms with Crippen molar-refractivity contribution >= 4 is 29.1 Å². The van der Waals surface area contributed by atoms with Crippen LogP contribution in [0.5, 0.6) is 5.75 Å². The third-order valence-corrected chi connectivity index (χ3v) is 15.8. The number of aliphatic hydroxyl groups is 2. The number of nitrogens with zero attached hydrogens (tertiary/aromatic N) is 2. The molecule has 15 heteroatoms. The first kappa shape index (κ1) is 49.9. The topological polar surface area (TPSA) is 189 Å². The minimum absolute atomic E-state index is 0.00312. The highest BCUT2D eigenvalue weighted by molar-refractivity contribution is 7.13. The smallest absolute Gasteiger partial charge is 0.246 e. The molecule has 362 valence electrons. The molecule has 0 bridgehead atoms. The Hall–Kier alpha value is -3.96. The fraction of sp³-hybridized carbons (Fsp3) is 0.647. The number of β-amino-alcohol motifs (C(OH)–C–C–N with tert-alkyl or cyclic N) is 1. The number of rotatable bonds is 23. The molecule has 4 aliphatic rings. The van der Waals surface area contributed by atoms with E-state index >= 15 is 0 Å². The third kappa shape index (κ3) is 12.2. The molecule has 2 heterocycles. The van der Waals surface area contributed by atoms with Gasteiger partial charge in [0.2, 0.25) is 17.7 Å². The molecule has 9 unspecified atom stereocenters. The number of carbonyl (C=O) groups is 3. The van der Waals surface area contributed by atoms with E-state index in [1.807, 2.05) is 62.7 Å². The van der Waals surface area contributed by atoms with E-state index in [1.54, 1.807) is 11.3 Å². The number of nitrogens with one attached hydrogen (secondary N) is 2. The molecule has 0 radical (unpaired) electrons. The average Bonchev–Trinajstić information content (AvgIpc) is 4.01. The number of ether oxygens (including phenoxy) is 4. The molecule has 3 aromatic rings. The van der Waals surface area contributed by atoms with E-state index in [2.05, 4.69) is 28.6 Å². The van der Waals surface area contributed by atoms with Crippen LogP contribution in [0.15, 0.2) is 48.0 Å². The number of benzene rings is 2. The molecule has 1 aromatic heterocycles. The number of likely N-dealkylation sites (tertiary alicyclic amines) is 1. The van der Waals surface area contributed by atoms with Crippen LogP contribution < -0.4 is 10.6 Å². The van der Waals surface area contributed by atoms with Crippen molar-refractivity contribution in [3.8, 4) is 16.2 Å². The summed E-state index contributed by atoms with van der Waals surface area (Å²) in [7, 11) is 0. The van der Waals surface area contributed by atoms with Crippen LogP contribution >= 0.6 is 11.3 Å². The molecule has 1 saturated heterocycles. The zero-order valence-corrected chi connectivity index (χ0v) is 40.1. The van der Waals surface area contributed by atoms with Crippen LogP contribution in [0.3, 0.4) is 0 Å². The minimum Gasteiger partial charge on any atom is -0.508 e. The summed E-state index contributed by atoms with van der Waals surface area (Å²) >= 11 is 1.58. The number of aliphatic hydroxyl groups excluding tert-OH is 2. The van der Waals surface area contributed by atoms with E-state index in [4.69, 9.17) is 18.9 Å². The van der Waals surface area contributed by atoms with Crippen molar-refractivity contribution in [2.45, 2.75) is 122 Å². The summed E-state index contributed by atoms with van der Waals surface area (Å²) in [5.41, 5.74) is 7.48. The normalized spacial score (nSPS) is 26.2. The highest BCUT2D eigenvalue weighted by Gasteiger charge is 2.56. The Bertz CT molecular complexity index is 2060. The van der Waals surface area contributed by atoms with Crippen molar-refractivity contribution in [1.29, 1.82) is 0 Å². The molecule has 3 aliphatic carbocycles. The number of hydrogen-bond acceptors (Lipinski definition) is 12. The van der Waals surface area contributed by atoms with Gasteiger partial charge in [-0.25, -0.2) is 4.98 Å². The van der Waals surface area contributed by atoms with Crippen LogP contribution in [0.2, 0.25) is 0 Å². The second-order valence-electron chi connectivity index (χ2n) is 19.5. The van der Waals surface area contributed by atoms with E-state index in [1.165, 1.54) is 16.0 Å². The van der Waals surface area contributed by atoms with Crippen LogP contribution in [0, 0.1) is 36.0 Å². The molecule has 3 amide bonds. The first-order valence-corrected chi connectivity index (χ1v) is 25.1. The largest absolute Gasteiger partial charge is 0.508 e. The lowest BCUT2D eigenvalue weighted by Crippen LogP contribution is -2.55. The van der Waals surface area contributed by atoms with Gasteiger partial charge in [-0.05, 0) is 121 Å². The molecule has 2 aromatic carbocycles. The number of aryl methyl sites for hydroxylation is 1. The maximum absolute atomic E-state index is 13.7. The summed E-state index contributed by atoms with van der Waals surface area (Å²) in [6, 6.07) is 12.1. The van der Waals surface area contributed by atoms with Gasteiger partial charge in [-0.2, -0.15) is 0 Å². The van der Waals surface area contributed by atoms with Crippen molar-refractivity contribution in [2.24, 2.45) is 29.1 Å². The number of thiazole rings is 1. The summed E-state index contributed by atoms with van der Waals surface area (Å²) < 4.78 is 22.7. The van der Waals surface area contributed by atoms with E-state index in [9.17, 15) is 29.7 Å². The maximum Gasteiger partial charge on any atom is 0.246 e. The highest BCUT2D eigenvalue weighted by atomic mass is 32.1. The Labute approximate surface area is 394 Å². The van der Waals surface area contributed by atoms with Gasteiger partial charge in [0, 0.05) is 26.1 Å². The Kier molecular flexibility index (Phi) is 17.7. The predicted octanol–water partition coefficient (Wildman–Crippen LogP) is 5.92. The number of hydrogen-bond donors (Lipinski definition) is 5. The Morgan fingerprint density at radius 3 is 2.33 bits per heavy atom. The third-order valence-electron chi connectivity index (χ3n) is 14.8. The van der Waals surface area contributed by atoms with Gasteiger partial charge in [-0.3, -0.25) is 14.4 Å². The monoisotopic (exact) mass is 932 g/mol. The fourth-order valence-electron chi connectivity index (χ4n) is 11.3. The van der Waals surface area contributed by atoms with Crippen LogP contribution in [0.1, 0.15) is 100 Å². The molecule has 66 heavy (non-hydrogen) atoms. The van der Waals surface area contributed by atoms with E-state index in [-0.39, 0.29) is 62.7 Å². The molecular formula is C51H72N4O10S. The summed E-state index contributed by atoms with van der Waals surface area (Å²) in [4.78, 5) is 46.7. The van der Waals surface area contributed by atoms with Crippen LogP contribution in [0.4, 0.5) is 0 Å². The number of carbonyl (C=O) groups excluding carboxylic acids is 3. The summed E-state index contributed by atoms with van der Waals surface area (Å²) in [6.45, 7) is 10.8. The van der Waals surface area contributed by atoms with Gasteiger partial charge in [0.25, 0.3) is 0 Å².